The van der Waals surface area contributed by atoms with Crippen molar-refractivity contribution in [3.63, 3.8) is 0 Å². The summed E-state index contributed by atoms with van der Waals surface area (Å²) in [5.41, 5.74) is 10.2. The molecule has 3 heterocycles. The molecule has 0 radical (unpaired) electrons. The number of nitrogens with zero attached hydrogens (tertiary/aromatic N) is 4. The van der Waals surface area contributed by atoms with Gasteiger partial charge in [-0.25, -0.2) is 9.78 Å². The van der Waals surface area contributed by atoms with E-state index in [2.05, 4.69) is 53.8 Å². The van der Waals surface area contributed by atoms with Crippen molar-refractivity contribution in [1.82, 2.24) is 25.1 Å². The van der Waals surface area contributed by atoms with Gasteiger partial charge in [-0.15, -0.1) is 0 Å². The second kappa shape index (κ2) is 11.6. The van der Waals surface area contributed by atoms with Crippen molar-refractivity contribution in [3.05, 3.63) is 89.2 Å². The number of amides is 1. The SMILES string of the molecule is CNC(=O)OC1CC(c2ccc(-c3nn(Cc4ccc(OC)cc4)c4cc(OC)c(-c5cccc6c5CCC6)nc34)cn2)C1. The van der Waals surface area contributed by atoms with Gasteiger partial charge in [-0.3, -0.25) is 9.67 Å². The molecule has 44 heavy (non-hydrogen) atoms. The maximum absolute atomic E-state index is 11.5. The van der Waals surface area contributed by atoms with Crippen LogP contribution >= 0.6 is 0 Å². The third kappa shape index (κ3) is 5.12. The molecule has 0 spiro atoms. The number of aromatic nitrogens is 4. The molecule has 1 amide bonds. The number of pyridine rings is 2. The summed E-state index contributed by atoms with van der Waals surface area (Å²) in [7, 11) is 4.94. The number of nitrogens with one attached hydrogen (secondary N) is 1. The highest BCUT2D eigenvalue weighted by Crippen LogP contribution is 2.41. The van der Waals surface area contributed by atoms with Crippen molar-refractivity contribution >= 4 is 17.1 Å². The molecule has 1 fully saturated rings. The zero-order chi connectivity index (χ0) is 30.2. The molecular weight excluding hydrogens is 554 g/mol. The van der Waals surface area contributed by atoms with E-state index >= 15 is 0 Å². The Morgan fingerprint density at radius 3 is 2.57 bits per heavy atom. The molecule has 3 aromatic heterocycles. The number of rotatable bonds is 8. The van der Waals surface area contributed by atoms with E-state index in [4.69, 9.17) is 29.3 Å². The summed E-state index contributed by atoms with van der Waals surface area (Å²) in [6.07, 6.45) is 6.24. The molecule has 9 heteroatoms. The second-order valence-corrected chi connectivity index (χ2v) is 11.5. The first kappa shape index (κ1) is 27.9. The smallest absolute Gasteiger partial charge is 0.407 e. The molecule has 9 nitrogen and oxygen atoms in total. The molecule has 224 valence electrons. The first-order valence-corrected chi connectivity index (χ1v) is 15.1. The maximum Gasteiger partial charge on any atom is 0.407 e. The summed E-state index contributed by atoms with van der Waals surface area (Å²) in [5.74, 6) is 1.80. The van der Waals surface area contributed by atoms with Gasteiger partial charge in [-0.1, -0.05) is 30.3 Å². The average molecular weight is 590 g/mol. The zero-order valence-corrected chi connectivity index (χ0v) is 25.2. The van der Waals surface area contributed by atoms with Gasteiger partial charge in [-0.2, -0.15) is 5.10 Å². The Morgan fingerprint density at radius 1 is 1.00 bits per heavy atom. The number of fused-ring (bicyclic) bond motifs is 2. The fraction of sp³-hybridized carbons (Fsp3) is 0.314. The fourth-order valence-corrected chi connectivity index (χ4v) is 6.39. The molecule has 0 unspecified atom stereocenters. The molecular formula is C35H35N5O4. The quantitative estimate of drug-likeness (QED) is 0.226. The van der Waals surface area contributed by atoms with E-state index in [1.54, 1.807) is 21.3 Å². The van der Waals surface area contributed by atoms with Gasteiger partial charge in [-0.05, 0) is 73.1 Å². The normalized spacial score (nSPS) is 17.2. The highest BCUT2D eigenvalue weighted by molar-refractivity contribution is 5.93. The molecule has 0 atom stereocenters. The Morgan fingerprint density at radius 2 is 1.84 bits per heavy atom. The summed E-state index contributed by atoms with van der Waals surface area (Å²) in [5, 5.41) is 7.62. The topological polar surface area (TPSA) is 100 Å². The zero-order valence-electron chi connectivity index (χ0n) is 25.2. The number of methoxy groups -OCH3 is 2. The molecule has 2 aromatic carbocycles. The molecule has 0 bridgehead atoms. The predicted molar refractivity (Wildman–Crippen MR) is 168 cm³/mol. The fourth-order valence-electron chi connectivity index (χ4n) is 6.39. The van der Waals surface area contributed by atoms with E-state index in [1.807, 2.05) is 23.0 Å². The summed E-state index contributed by atoms with van der Waals surface area (Å²) in [4.78, 5) is 21.6. The lowest BCUT2D eigenvalue weighted by Crippen LogP contribution is -2.35. The Kier molecular flexibility index (Phi) is 7.37. The van der Waals surface area contributed by atoms with Gasteiger partial charge in [0, 0.05) is 42.0 Å². The number of ether oxygens (including phenoxy) is 3. The van der Waals surface area contributed by atoms with Crippen LogP contribution in [-0.2, 0) is 24.1 Å². The van der Waals surface area contributed by atoms with E-state index < -0.39 is 6.09 Å². The maximum atomic E-state index is 11.5. The number of carbonyl (C=O) groups is 1. The molecule has 1 saturated carbocycles. The number of hydrogen-bond donors (Lipinski definition) is 1. The minimum atomic E-state index is -0.391. The second-order valence-electron chi connectivity index (χ2n) is 11.5. The van der Waals surface area contributed by atoms with Crippen LogP contribution in [0.15, 0.2) is 66.9 Å². The summed E-state index contributed by atoms with van der Waals surface area (Å²) < 4.78 is 18.7. The molecule has 0 saturated heterocycles. The van der Waals surface area contributed by atoms with Gasteiger partial charge >= 0.3 is 6.09 Å². The number of aryl methyl sites for hydroxylation is 1. The van der Waals surface area contributed by atoms with E-state index in [0.29, 0.717) is 6.54 Å². The largest absolute Gasteiger partial charge is 0.497 e. The van der Waals surface area contributed by atoms with Crippen LogP contribution < -0.4 is 14.8 Å². The van der Waals surface area contributed by atoms with Crippen molar-refractivity contribution in [2.75, 3.05) is 21.3 Å². The van der Waals surface area contributed by atoms with Crippen molar-refractivity contribution in [1.29, 1.82) is 0 Å². The Labute approximate surface area is 256 Å². The van der Waals surface area contributed by atoms with E-state index in [-0.39, 0.29) is 12.0 Å². The third-order valence-electron chi connectivity index (χ3n) is 8.85. The van der Waals surface area contributed by atoms with Crippen LogP contribution in [0.4, 0.5) is 4.79 Å². The van der Waals surface area contributed by atoms with Crippen LogP contribution in [-0.4, -0.2) is 53.2 Å². The monoisotopic (exact) mass is 589 g/mol. The van der Waals surface area contributed by atoms with Crippen LogP contribution in [0.3, 0.4) is 0 Å². The van der Waals surface area contributed by atoms with Crippen molar-refractivity contribution in [3.8, 4) is 34.0 Å². The Bertz CT molecular complexity index is 1830. The molecule has 2 aliphatic rings. The summed E-state index contributed by atoms with van der Waals surface area (Å²) in [6, 6.07) is 20.7. The molecule has 0 aliphatic heterocycles. The Hall–Kier alpha value is -4.92. The van der Waals surface area contributed by atoms with Crippen LogP contribution in [0.25, 0.3) is 33.5 Å². The lowest BCUT2D eigenvalue weighted by Gasteiger charge is -2.34. The highest BCUT2D eigenvalue weighted by Gasteiger charge is 2.34. The van der Waals surface area contributed by atoms with Crippen molar-refractivity contribution in [2.45, 2.75) is 50.7 Å². The van der Waals surface area contributed by atoms with Gasteiger partial charge in [0.2, 0.25) is 0 Å². The highest BCUT2D eigenvalue weighted by atomic mass is 16.6. The molecule has 1 N–H and O–H groups in total. The van der Waals surface area contributed by atoms with Gasteiger partial charge in [0.05, 0.1) is 26.3 Å². The van der Waals surface area contributed by atoms with Crippen LogP contribution in [0.2, 0.25) is 0 Å². The lowest BCUT2D eigenvalue weighted by atomic mass is 9.79. The lowest BCUT2D eigenvalue weighted by molar-refractivity contribution is 0.0398. The average Bonchev–Trinajstić information content (AvgIpc) is 3.67. The summed E-state index contributed by atoms with van der Waals surface area (Å²) in [6.45, 7) is 0.561. The minimum absolute atomic E-state index is 0.0731. The van der Waals surface area contributed by atoms with Crippen LogP contribution in [0, 0.1) is 0 Å². The van der Waals surface area contributed by atoms with Gasteiger partial charge < -0.3 is 19.5 Å². The van der Waals surface area contributed by atoms with E-state index in [9.17, 15) is 4.79 Å². The molecule has 2 aliphatic carbocycles. The van der Waals surface area contributed by atoms with E-state index in [1.165, 1.54) is 11.1 Å². The number of alkyl carbamates (subject to hydrolysis) is 1. The number of carbonyl (C=O) groups excluding carboxylic acids is 1. The number of benzene rings is 2. The van der Waals surface area contributed by atoms with Gasteiger partial charge in [0.25, 0.3) is 0 Å². The van der Waals surface area contributed by atoms with Crippen LogP contribution in [0.1, 0.15) is 47.6 Å². The first-order valence-electron chi connectivity index (χ1n) is 15.1. The molecule has 7 rings (SSSR count). The van der Waals surface area contributed by atoms with E-state index in [0.717, 1.165) is 88.4 Å². The van der Waals surface area contributed by atoms with Crippen LogP contribution in [0.5, 0.6) is 11.5 Å². The van der Waals surface area contributed by atoms with Gasteiger partial charge in [0.15, 0.2) is 0 Å². The third-order valence-corrected chi connectivity index (χ3v) is 8.85. The number of hydrogen-bond acceptors (Lipinski definition) is 7. The predicted octanol–water partition coefficient (Wildman–Crippen LogP) is 6.32. The van der Waals surface area contributed by atoms with Crippen molar-refractivity contribution in [2.24, 2.45) is 0 Å². The Balaban J connectivity index is 1.28. The van der Waals surface area contributed by atoms with Crippen molar-refractivity contribution < 1.29 is 19.0 Å². The van der Waals surface area contributed by atoms with Gasteiger partial charge in [0.1, 0.15) is 34.5 Å². The summed E-state index contributed by atoms with van der Waals surface area (Å²) >= 11 is 0. The minimum Gasteiger partial charge on any atom is -0.497 e. The molecule has 5 aromatic rings. The standard InChI is InChI=1S/C35H35N5O4/c1-36-35(41)44-26-16-24(17-26)29-15-12-23(19-37-29)32-34-30(40(39-32)20-21-10-13-25(42-2)14-11-21)18-31(43-3)33(38-34)28-9-5-7-22-6-4-8-27(22)28/h5,7,9-15,18-19,24,26H,4,6,8,16-17,20H2,1-3H3,(H,36,41). The first-order chi connectivity index (χ1) is 21.5.